The molecule has 2 heterocycles. The second kappa shape index (κ2) is 5.31. The van der Waals surface area contributed by atoms with E-state index < -0.39 is 0 Å². The minimum atomic E-state index is 0.201. The summed E-state index contributed by atoms with van der Waals surface area (Å²) in [6.45, 7) is 5.24. The maximum Gasteiger partial charge on any atom is 0.246 e. The first-order valence-corrected chi connectivity index (χ1v) is 6.04. The van der Waals surface area contributed by atoms with Crippen LogP contribution in [0, 0.1) is 0 Å². The minimum Gasteiger partial charge on any atom is -0.339 e. The van der Waals surface area contributed by atoms with Crippen LogP contribution in [0.1, 0.15) is 25.7 Å². The summed E-state index contributed by atoms with van der Waals surface area (Å²) < 4.78 is 0. The largest absolute Gasteiger partial charge is 0.339 e. The maximum absolute atomic E-state index is 11.6. The third kappa shape index (κ3) is 3.06. The average molecular weight is 208 g/mol. The molecule has 0 atom stereocenters. The molecule has 0 saturated carbocycles. The van der Waals surface area contributed by atoms with E-state index in [2.05, 4.69) is 4.90 Å². The summed E-state index contributed by atoms with van der Waals surface area (Å²) >= 11 is 0. The molecule has 15 heavy (non-hydrogen) atoms. The Morgan fingerprint density at radius 2 is 1.60 bits per heavy atom. The summed E-state index contributed by atoms with van der Waals surface area (Å²) in [5.74, 6) is 0.201. The van der Waals surface area contributed by atoms with Crippen LogP contribution in [0.5, 0.6) is 0 Å². The molecule has 0 N–H and O–H groups in total. The van der Waals surface area contributed by atoms with Gasteiger partial charge in [-0.15, -0.1) is 0 Å². The van der Waals surface area contributed by atoms with E-state index >= 15 is 0 Å². The summed E-state index contributed by atoms with van der Waals surface area (Å²) in [6, 6.07) is 0. The molecule has 3 nitrogen and oxygen atoms in total. The van der Waals surface area contributed by atoms with Gasteiger partial charge in [0.15, 0.2) is 0 Å². The molecule has 3 heteroatoms. The lowest BCUT2D eigenvalue weighted by Gasteiger charge is -2.13. The van der Waals surface area contributed by atoms with Crippen molar-refractivity contribution in [3.8, 4) is 0 Å². The van der Waals surface area contributed by atoms with Gasteiger partial charge in [-0.25, -0.2) is 0 Å². The molecule has 0 radical (unpaired) electrons. The molecule has 0 spiro atoms. The smallest absolute Gasteiger partial charge is 0.246 e. The maximum atomic E-state index is 11.6. The third-order valence-corrected chi connectivity index (χ3v) is 3.24. The Morgan fingerprint density at radius 3 is 2.27 bits per heavy atom. The summed E-state index contributed by atoms with van der Waals surface area (Å²) in [5.41, 5.74) is 0. The van der Waals surface area contributed by atoms with Crippen LogP contribution in [0.2, 0.25) is 0 Å². The monoisotopic (exact) mass is 208 g/mol. The number of carbonyl (C=O) groups is 1. The van der Waals surface area contributed by atoms with Crippen LogP contribution in [-0.2, 0) is 4.79 Å². The minimum absolute atomic E-state index is 0.201. The zero-order valence-electron chi connectivity index (χ0n) is 9.32. The van der Waals surface area contributed by atoms with Gasteiger partial charge in [0.1, 0.15) is 0 Å². The van der Waals surface area contributed by atoms with Crippen LogP contribution in [-0.4, -0.2) is 48.4 Å². The molecule has 84 valence electrons. The number of likely N-dealkylation sites (tertiary alicyclic amines) is 2. The fraction of sp³-hybridized carbons (Fsp3) is 0.750. The third-order valence-electron chi connectivity index (χ3n) is 3.24. The van der Waals surface area contributed by atoms with E-state index in [9.17, 15) is 4.79 Å². The van der Waals surface area contributed by atoms with Crippen LogP contribution in [0.4, 0.5) is 0 Å². The Bertz CT molecular complexity index is 238. The van der Waals surface area contributed by atoms with Crippen molar-refractivity contribution in [2.75, 3.05) is 32.7 Å². The van der Waals surface area contributed by atoms with Gasteiger partial charge in [0, 0.05) is 25.7 Å². The molecule has 2 aliphatic heterocycles. The molecule has 0 aromatic heterocycles. The lowest BCUT2D eigenvalue weighted by Crippen LogP contribution is -2.26. The van der Waals surface area contributed by atoms with Crippen LogP contribution >= 0.6 is 0 Å². The lowest BCUT2D eigenvalue weighted by molar-refractivity contribution is -0.125. The standard InChI is InChI=1S/C12H20N2O/c15-12(14-10-3-4-11-14)6-5-9-13-7-1-2-8-13/h5-6H,1-4,7-11H2/b6-5+. The van der Waals surface area contributed by atoms with Crippen molar-refractivity contribution in [2.45, 2.75) is 25.7 Å². The Hall–Kier alpha value is -0.830. The van der Waals surface area contributed by atoms with Gasteiger partial charge in [-0.2, -0.15) is 0 Å². The zero-order chi connectivity index (χ0) is 10.5. The van der Waals surface area contributed by atoms with Gasteiger partial charge in [-0.05, 0) is 38.8 Å². The molecule has 0 aliphatic carbocycles. The first kappa shape index (κ1) is 10.7. The van der Waals surface area contributed by atoms with Crippen LogP contribution < -0.4 is 0 Å². The molecule has 0 aromatic rings. The Morgan fingerprint density at radius 1 is 1.00 bits per heavy atom. The second-order valence-corrected chi connectivity index (χ2v) is 4.44. The summed E-state index contributed by atoms with van der Waals surface area (Å²) in [4.78, 5) is 16.0. The molecule has 2 fully saturated rings. The summed E-state index contributed by atoms with van der Waals surface area (Å²) in [7, 11) is 0. The van der Waals surface area contributed by atoms with Crippen molar-refractivity contribution in [1.29, 1.82) is 0 Å². The molecule has 0 bridgehead atoms. The average Bonchev–Trinajstić information content (AvgIpc) is 2.90. The van der Waals surface area contributed by atoms with Gasteiger partial charge >= 0.3 is 0 Å². The molecule has 0 aromatic carbocycles. The SMILES string of the molecule is O=C(/C=C/CN1CCCC1)N1CCCC1. The van der Waals surface area contributed by atoms with E-state index in [1.807, 2.05) is 11.0 Å². The predicted octanol–water partition coefficient (Wildman–Crippen LogP) is 1.26. The highest BCUT2D eigenvalue weighted by molar-refractivity contribution is 5.87. The highest BCUT2D eigenvalue weighted by atomic mass is 16.2. The predicted molar refractivity (Wildman–Crippen MR) is 60.6 cm³/mol. The second-order valence-electron chi connectivity index (χ2n) is 4.44. The van der Waals surface area contributed by atoms with Gasteiger partial charge in [0.05, 0.1) is 0 Å². The van der Waals surface area contributed by atoms with Crippen LogP contribution in [0.25, 0.3) is 0 Å². The van der Waals surface area contributed by atoms with E-state index in [1.54, 1.807) is 6.08 Å². The first-order chi connectivity index (χ1) is 7.36. The van der Waals surface area contributed by atoms with Crippen molar-refractivity contribution < 1.29 is 4.79 Å². The molecule has 2 rings (SSSR count). The van der Waals surface area contributed by atoms with Crippen molar-refractivity contribution >= 4 is 5.91 Å². The van der Waals surface area contributed by atoms with Gasteiger partial charge in [-0.3, -0.25) is 9.69 Å². The highest BCUT2D eigenvalue weighted by Gasteiger charge is 2.15. The number of hydrogen-bond acceptors (Lipinski definition) is 2. The summed E-state index contributed by atoms with van der Waals surface area (Å²) in [6.07, 6.45) is 8.74. The summed E-state index contributed by atoms with van der Waals surface area (Å²) in [5, 5.41) is 0. The molecule has 1 amide bonds. The Balaban J connectivity index is 1.70. The van der Waals surface area contributed by atoms with E-state index in [-0.39, 0.29) is 5.91 Å². The van der Waals surface area contributed by atoms with Crippen LogP contribution in [0.3, 0.4) is 0 Å². The quantitative estimate of drug-likeness (QED) is 0.652. The van der Waals surface area contributed by atoms with E-state index in [1.165, 1.54) is 38.8 Å². The van der Waals surface area contributed by atoms with Gasteiger partial charge in [-0.1, -0.05) is 6.08 Å². The number of hydrogen-bond donors (Lipinski definition) is 0. The van der Waals surface area contributed by atoms with Crippen molar-refractivity contribution in [3.05, 3.63) is 12.2 Å². The van der Waals surface area contributed by atoms with Crippen molar-refractivity contribution in [2.24, 2.45) is 0 Å². The number of carbonyl (C=O) groups excluding carboxylic acids is 1. The number of nitrogens with zero attached hydrogens (tertiary/aromatic N) is 2. The Kier molecular flexibility index (Phi) is 3.78. The molecular weight excluding hydrogens is 188 g/mol. The normalized spacial score (nSPS) is 23.1. The van der Waals surface area contributed by atoms with Crippen molar-refractivity contribution in [1.82, 2.24) is 9.80 Å². The van der Waals surface area contributed by atoms with E-state index in [0.717, 1.165) is 19.6 Å². The fourth-order valence-corrected chi connectivity index (χ4v) is 2.31. The highest BCUT2D eigenvalue weighted by Crippen LogP contribution is 2.09. The van der Waals surface area contributed by atoms with E-state index in [4.69, 9.17) is 0 Å². The number of rotatable bonds is 3. The molecule has 2 saturated heterocycles. The molecule has 2 aliphatic rings. The zero-order valence-corrected chi connectivity index (χ0v) is 9.32. The lowest BCUT2D eigenvalue weighted by atomic mass is 10.4. The molecule has 0 unspecified atom stereocenters. The Labute approximate surface area is 91.7 Å². The number of amides is 1. The first-order valence-electron chi connectivity index (χ1n) is 6.04. The van der Waals surface area contributed by atoms with Crippen molar-refractivity contribution in [3.63, 3.8) is 0 Å². The van der Waals surface area contributed by atoms with E-state index in [0.29, 0.717) is 0 Å². The fourth-order valence-electron chi connectivity index (χ4n) is 2.31. The molecular formula is C12H20N2O. The van der Waals surface area contributed by atoms with Gasteiger partial charge in [0.25, 0.3) is 0 Å². The topological polar surface area (TPSA) is 23.6 Å². The van der Waals surface area contributed by atoms with Crippen LogP contribution in [0.15, 0.2) is 12.2 Å². The van der Waals surface area contributed by atoms with Gasteiger partial charge < -0.3 is 4.90 Å². The van der Waals surface area contributed by atoms with Gasteiger partial charge in [0.2, 0.25) is 5.91 Å².